The van der Waals surface area contributed by atoms with Crippen LogP contribution in [0.1, 0.15) is 38.7 Å². The van der Waals surface area contributed by atoms with Crippen molar-refractivity contribution in [2.24, 2.45) is 0 Å². The number of aryl methyl sites for hydroxylation is 1. The molecule has 0 fully saturated rings. The van der Waals surface area contributed by atoms with Crippen molar-refractivity contribution in [3.63, 3.8) is 0 Å². The second kappa shape index (κ2) is 9.06. The molecule has 1 N–H and O–H groups in total. The minimum Gasteiger partial charge on any atom is -0.379 e. The molecule has 0 radical (unpaired) electrons. The number of rotatable bonds is 8. The van der Waals surface area contributed by atoms with Crippen LogP contribution in [0.3, 0.4) is 0 Å². The van der Waals surface area contributed by atoms with E-state index in [1.807, 2.05) is 0 Å². The van der Waals surface area contributed by atoms with Crippen molar-refractivity contribution in [2.45, 2.75) is 45.6 Å². The third-order valence-electron chi connectivity index (χ3n) is 3.96. The van der Waals surface area contributed by atoms with E-state index in [2.05, 4.69) is 48.3 Å². The summed E-state index contributed by atoms with van der Waals surface area (Å²) in [4.78, 5) is 2.54. The zero-order valence-electron chi connectivity index (χ0n) is 13.6. The van der Waals surface area contributed by atoms with Crippen LogP contribution in [0.25, 0.3) is 0 Å². The maximum Gasteiger partial charge on any atom is 0.0518 e. The van der Waals surface area contributed by atoms with Crippen molar-refractivity contribution < 1.29 is 4.74 Å². The molecule has 0 saturated heterocycles. The molecule has 3 heteroatoms. The van der Waals surface area contributed by atoms with Gasteiger partial charge in [-0.1, -0.05) is 18.2 Å². The van der Waals surface area contributed by atoms with Gasteiger partial charge in [-0.25, -0.2) is 0 Å². The molecule has 0 spiro atoms. The molecular formula is C18H30N2O. The summed E-state index contributed by atoms with van der Waals surface area (Å²) in [5, 5.41) is 3.54. The van der Waals surface area contributed by atoms with Crippen LogP contribution >= 0.6 is 0 Å². The lowest BCUT2D eigenvalue weighted by atomic mass is 10.1. The van der Waals surface area contributed by atoms with Gasteiger partial charge in [0.15, 0.2) is 0 Å². The number of hydrogen-bond donors (Lipinski definition) is 1. The number of nitrogens with zero attached hydrogens (tertiary/aromatic N) is 1. The van der Waals surface area contributed by atoms with Gasteiger partial charge in [0.05, 0.1) is 6.10 Å². The summed E-state index contributed by atoms with van der Waals surface area (Å²) in [7, 11) is 0. The number of para-hydroxylation sites is 1. The van der Waals surface area contributed by atoms with Crippen LogP contribution in [0.2, 0.25) is 0 Å². The van der Waals surface area contributed by atoms with Gasteiger partial charge in [0.1, 0.15) is 0 Å². The first-order chi connectivity index (χ1) is 10.3. The largest absolute Gasteiger partial charge is 0.379 e. The molecule has 1 aliphatic rings. The third kappa shape index (κ3) is 5.68. The van der Waals surface area contributed by atoms with Gasteiger partial charge in [0.25, 0.3) is 0 Å². The highest BCUT2D eigenvalue weighted by Crippen LogP contribution is 2.25. The predicted molar refractivity (Wildman–Crippen MR) is 90.2 cm³/mol. The molecule has 21 heavy (non-hydrogen) atoms. The molecule has 0 unspecified atom stereocenters. The molecule has 2 rings (SSSR count). The van der Waals surface area contributed by atoms with Gasteiger partial charge in [-0.05, 0) is 57.7 Å². The monoisotopic (exact) mass is 290 g/mol. The fraction of sp³-hybridized carbons (Fsp3) is 0.667. The Bertz CT molecular complexity index is 406. The first-order valence-electron chi connectivity index (χ1n) is 8.42. The van der Waals surface area contributed by atoms with Crippen molar-refractivity contribution in [2.75, 3.05) is 37.7 Å². The van der Waals surface area contributed by atoms with Gasteiger partial charge in [0.2, 0.25) is 0 Å². The molecule has 1 aliphatic heterocycles. The van der Waals surface area contributed by atoms with Crippen LogP contribution < -0.4 is 10.2 Å². The summed E-state index contributed by atoms with van der Waals surface area (Å²) in [6.07, 6.45) is 5.28. The van der Waals surface area contributed by atoms with Crippen molar-refractivity contribution in [3.05, 3.63) is 29.8 Å². The van der Waals surface area contributed by atoms with Crippen LogP contribution in [0.4, 0.5) is 5.69 Å². The number of fused-ring (bicyclic) bond motifs is 1. The number of nitrogens with one attached hydrogen (secondary N) is 1. The van der Waals surface area contributed by atoms with E-state index in [1.165, 1.54) is 37.1 Å². The summed E-state index contributed by atoms with van der Waals surface area (Å²) in [6, 6.07) is 8.88. The Morgan fingerprint density at radius 1 is 1.19 bits per heavy atom. The maximum atomic E-state index is 5.55. The van der Waals surface area contributed by atoms with Crippen molar-refractivity contribution in [1.29, 1.82) is 0 Å². The molecule has 118 valence electrons. The van der Waals surface area contributed by atoms with E-state index >= 15 is 0 Å². The van der Waals surface area contributed by atoms with E-state index in [0.717, 1.165) is 32.7 Å². The average Bonchev–Trinajstić information content (AvgIpc) is 2.68. The molecule has 0 saturated carbocycles. The van der Waals surface area contributed by atoms with Gasteiger partial charge < -0.3 is 15.0 Å². The summed E-state index contributed by atoms with van der Waals surface area (Å²) in [5.74, 6) is 0. The second-order valence-electron chi connectivity index (χ2n) is 6.10. The lowest BCUT2D eigenvalue weighted by Gasteiger charge is -2.25. The standard InChI is InChI=1S/C18H30N2O/c1-16(2)21-15-7-11-19-12-14-20-13-6-5-9-17-8-3-4-10-18(17)20/h3-4,8,10,16,19H,5-7,9,11-15H2,1-2H3. The summed E-state index contributed by atoms with van der Waals surface area (Å²) in [6.45, 7) is 9.42. The van der Waals surface area contributed by atoms with Crippen LogP contribution in [0, 0.1) is 0 Å². The van der Waals surface area contributed by atoms with Crippen molar-refractivity contribution in [3.8, 4) is 0 Å². The Morgan fingerprint density at radius 2 is 2.05 bits per heavy atom. The second-order valence-corrected chi connectivity index (χ2v) is 6.10. The highest BCUT2D eigenvalue weighted by molar-refractivity contribution is 5.54. The van der Waals surface area contributed by atoms with E-state index in [9.17, 15) is 0 Å². The Balaban J connectivity index is 1.68. The Kier molecular flexibility index (Phi) is 7.04. The Hall–Kier alpha value is -1.06. The zero-order chi connectivity index (χ0) is 14.9. The highest BCUT2D eigenvalue weighted by atomic mass is 16.5. The quantitative estimate of drug-likeness (QED) is 0.744. The zero-order valence-corrected chi connectivity index (χ0v) is 13.6. The number of hydrogen-bond acceptors (Lipinski definition) is 3. The average molecular weight is 290 g/mol. The van der Waals surface area contributed by atoms with Gasteiger partial charge in [-0.3, -0.25) is 0 Å². The van der Waals surface area contributed by atoms with Crippen LogP contribution in [-0.4, -0.2) is 38.9 Å². The molecule has 1 aromatic rings. The molecule has 0 atom stereocenters. The molecule has 0 aromatic heterocycles. The molecule has 1 aromatic carbocycles. The third-order valence-corrected chi connectivity index (χ3v) is 3.96. The van der Waals surface area contributed by atoms with Gasteiger partial charge >= 0.3 is 0 Å². The predicted octanol–water partition coefficient (Wildman–Crippen LogP) is 3.23. The first-order valence-corrected chi connectivity index (χ1v) is 8.42. The van der Waals surface area contributed by atoms with E-state index in [0.29, 0.717) is 6.10 Å². The van der Waals surface area contributed by atoms with Crippen molar-refractivity contribution in [1.82, 2.24) is 5.32 Å². The lowest BCUT2D eigenvalue weighted by molar-refractivity contribution is 0.0771. The van der Waals surface area contributed by atoms with Crippen LogP contribution in [0.5, 0.6) is 0 Å². The van der Waals surface area contributed by atoms with Crippen molar-refractivity contribution >= 4 is 5.69 Å². The fourth-order valence-electron chi connectivity index (χ4n) is 2.86. The number of anilines is 1. The van der Waals surface area contributed by atoms with E-state index in [1.54, 1.807) is 0 Å². The van der Waals surface area contributed by atoms with E-state index < -0.39 is 0 Å². The number of benzene rings is 1. The normalized spacial score (nSPS) is 15.1. The molecule has 0 aliphatic carbocycles. The minimum atomic E-state index is 0.346. The summed E-state index contributed by atoms with van der Waals surface area (Å²) >= 11 is 0. The molecule has 0 bridgehead atoms. The highest BCUT2D eigenvalue weighted by Gasteiger charge is 2.13. The lowest BCUT2D eigenvalue weighted by Crippen LogP contribution is -2.33. The van der Waals surface area contributed by atoms with Crippen LogP contribution in [-0.2, 0) is 11.2 Å². The Morgan fingerprint density at radius 3 is 2.90 bits per heavy atom. The van der Waals surface area contributed by atoms with E-state index in [-0.39, 0.29) is 0 Å². The minimum absolute atomic E-state index is 0.346. The molecule has 3 nitrogen and oxygen atoms in total. The molecule has 0 amide bonds. The first kappa shape index (κ1) is 16.3. The SMILES string of the molecule is CC(C)OCCCNCCN1CCCCc2ccccc21. The topological polar surface area (TPSA) is 24.5 Å². The van der Waals surface area contributed by atoms with E-state index in [4.69, 9.17) is 4.74 Å². The fourth-order valence-corrected chi connectivity index (χ4v) is 2.86. The maximum absolute atomic E-state index is 5.55. The number of ether oxygens (including phenoxy) is 1. The Labute approximate surface area is 129 Å². The molecule has 1 heterocycles. The van der Waals surface area contributed by atoms with Gasteiger partial charge in [-0.2, -0.15) is 0 Å². The van der Waals surface area contributed by atoms with Gasteiger partial charge in [-0.15, -0.1) is 0 Å². The van der Waals surface area contributed by atoms with Gasteiger partial charge in [0, 0.05) is 31.9 Å². The summed E-state index contributed by atoms with van der Waals surface area (Å²) in [5.41, 5.74) is 2.96. The smallest absolute Gasteiger partial charge is 0.0518 e. The molecular weight excluding hydrogens is 260 g/mol. The van der Waals surface area contributed by atoms with Crippen LogP contribution in [0.15, 0.2) is 24.3 Å². The summed E-state index contributed by atoms with van der Waals surface area (Å²) < 4.78 is 5.55.